The maximum absolute atomic E-state index is 2.45. The predicted molar refractivity (Wildman–Crippen MR) is 82.0 cm³/mol. The zero-order valence-corrected chi connectivity index (χ0v) is 11.9. The van der Waals surface area contributed by atoms with Crippen LogP contribution in [0.4, 0.5) is 0 Å². The van der Waals surface area contributed by atoms with Gasteiger partial charge in [0.2, 0.25) is 0 Å². The third-order valence-corrected chi connectivity index (χ3v) is 4.08. The first-order valence-corrected chi connectivity index (χ1v) is 7.31. The van der Waals surface area contributed by atoms with Gasteiger partial charge < -0.3 is 0 Å². The summed E-state index contributed by atoms with van der Waals surface area (Å²) in [4.78, 5) is 0. The summed E-state index contributed by atoms with van der Waals surface area (Å²) in [7, 11) is 2.45. The first-order chi connectivity index (χ1) is 8.72. The average Bonchev–Trinajstić information content (AvgIpc) is 2.92. The Morgan fingerprint density at radius 2 is 2.11 bits per heavy atom. The van der Waals surface area contributed by atoms with Crippen LogP contribution in [0.1, 0.15) is 33.6 Å². The first kappa shape index (κ1) is 13.5. The minimum atomic E-state index is 0.546. The molecule has 0 N–H and O–H groups in total. The van der Waals surface area contributed by atoms with Gasteiger partial charge >= 0.3 is 0 Å². The standard InChI is InChI=1S/C17H24B/c1-4-5-10-18-12-16-8-9-17(14(16)3)15-7-6-13(2)11-15/h6-9,11,14-15H,4-5,10,12H2,1-3H3. The van der Waals surface area contributed by atoms with Gasteiger partial charge in [0.1, 0.15) is 7.28 Å². The Balaban J connectivity index is 1.84. The molecule has 0 aromatic heterocycles. The quantitative estimate of drug-likeness (QED) is 0.453. The molecule has 0 amide bonds. The smallest absolute Gasteiger partial charge is 0.0799 e. The Hall–Kier alpha value is -0.975. The van der Waals surface area contributed by atoms with Crippen molar-refractivity contribution in [3.8, 4) is 0 Å². The summed E-state index contributed by atoms with van der Waals surface area (Å²) in [6, 6.07) is 0. The summed E-state index contributed by atoms with van der Waals surface area (Å²) in [6.07, 6.45) is 16.7. The Morgan fingerprint density at radius 1 is 1.28 bits per heavy atom. The van der Waals surface area contributed by atoms with Crippen molar-refractivity contribution in [1.82, 2.24) is 0 Å². The van der Waals surface area contributed by atoms with Gasteiger partial charge in [-0.2, -0.15) is 0 Å². The van der Waals surface area contributed by atoms with Crippen LogP contribution in [0.15, 0.2) is 47.1 Å². The summed E-state index contributed by atoms with van der Waals surface area (Å²) < 4.78 is 0. The molecule has 0 aromatic carbocycles. The minimum Gasteiger partial charge on any atom is -0.0799 e. The summed E-state index contributed by atoms with van der Waals surface area (Å²) in [6.45, 7) is 6.79. The van der Waals surface area contributed by atoms with Gasteiger partial charge in [-0.3, -0.25) is 0 Å². The Morgan fingerprint density at radius 3 is 2.78 bits per heavy atom. The molecule has 2 aliphatic rings. The number of hydrogen-bond acceptors (Lipinski definition) is 0. The van der Waals surface area contributed by atoms with E-state index < -0.39 is 0 Å². The van der Waals surface area contributed by atoms with Gasteiger partial charge in [-0.05, 0) is 12.8 Å². The Kier molecular flexibility index (Phi) is 4.69. The minimum absolute atomic E-state index is 0.546. The van der Waals surface area contributed by atoms with Crippen LogP contribution >= 0.6 is 0 Å². The van der Waals surface area contributed by atoms with Crippen LogP contribution in [0.2, 0.25) is 12.6 Å². The largest absolute Gasteiger partial charge is 0.114 e. The SMILES string of the molecule is CCCC[B]CC1=CC=C(C2C=CC(C)=C2)C1C. The van der Waals surface area contributed by atoms with Crippen molar-refractivity contribution in [1.29, 1.82) is 0 Å². The molecule has 0 saturated heterocycles. The van der Waals surface area contributed by atoms with Crippen molar-refractivity contribution in [2.75, 3.05) is 0 Å². The highest BCUT2D eigenvalue weighted by Crippen LogP contribution is 2.37. The second-order valence-corrected chi connectivity index (χ2v) is 5.56. The molecule has 0 bridgehead atoms. The van der Waals surface area contributed by atoms with E-state index in [9.17, 15) is 0 Å². The van der Waals surface area contributed by atoms with Crippen LogP contribution < -0.4 is 0 Å². The van der Waals surface area contributed by atoms with Crippen molar-refractivity contribution >= 4 is 7.28 Å². The van der Waals surface area contributed by atoms with Crippen LogP contribution in [0.25, 0.3) is 0 Å². The third kappa shape index (κ3) is 3.07. The molecule has 0 heterocycles. The van der Waals surface area contributed by atoms with E-state index in [1.807, 2.05) is 0 Å². The van der Waals surface area contributed by atoms with Crippen LogP contribution in [0, 0.1) is 11.8 Å². The fourth-order valence-corrected chi connectivity index (χ4v) is 2.82. The lowest BCUT2D eigenvalue weighted by Crippen LogP contribution is -2.07. The molecule has 18 heavy (non-hydrogen) atoms. The number of allylic oxidation sites excluding steroid dienone is 8. The number of rotatable bonds is 6. The van der Waals surface area contributed by atoms with E-state index in [0.29, 0.717) is 11.8 Å². The number of unbranched alkanes of at least 4 members (excludes halogenated alkanes) is 1. The normalized spacial score (nSPS) is 26.1. The molecule has 95 valence electrons. The second kappa shape index (κ2) is 6.27. The van der Waals surface area contributed by atoms with Crippen molar-refractivity contribution in [3.05, 3.63) is 47.1 Å². The van der Waals surface area contributed by atoms with Gasteiger partial charge in [-0.15, -0.1) is 0 Å². The fraction of sp³-hybridized carbons (Fsp3) is 0.529. The molecule has 2 aliphatic carbocycles. The van der Waals surface area contributed by atoms with Gasteiger partial charge in [0, 0.05) is 5.92 Å². The molecule has 2 rings (SSSR count). The highest BCUT2D eigenvalue weighted by Gasteiger charge is 2.23. The third-order valence-electron chi connectivity index (χ3n) is 4.08. The molecule has 2 atom stereocenters. The molecule has 1 radical (unpaired) electrons. The molecular formula is C17H24B. The van der Waals surface area contributed by atoms with Crippen LogP contribution in [-0.2, 0) is 0 Å². The van der Waals surface area contributed by atoms with E-state index in [2.05, 4.69) is 58.4 Å². The molecular weight excluding hydrogens is 215 g/mol. The van der Waals surface area contributed by atoms with Gasteiger partial charge in [0.05, 0.1) is 0 Å². The maximum atomic E-state index is 2.45. The molecule has 1 heteroatoms. The summed E-state index contributed by atoms with van der Waals surface area (Å²) in [5, 5.41) is 0. The molecule has 0 saturated carbocycles. The first-order valence-electron chi connectivity index (χ1n) is 7.31. The second-order valence-electron chi connectivity index (χ2n) is 5.56. The van der Waals surface area contributed by atoms with E-state index >= 15 is 0 Å². The lowest BCUT2D eigenvalue weighted by atomic mass is 9.65. The van der Waals surface area contributed by atoms with Gasteiger partial charge in [0.25, 0.3) is 0 Å². The maximum Gasteiger partial charge on any atom is 0.114 e. The van der Waals surface area contributed by atoms with Crippen LogP contribution in [0.5, 0.6) is 0 Å². The summed E-state index contributed by atoms with van der Waals surface area (Å²) in [5.74, 6) is 1.17. The molecule has 0 aliphatic heterocycles. The van der Waals surface area contributed by atoms with Gasteiger partial charge in [-0.1, -0.05) is 86.4 Å². The van der Waals surface area contributed by atoms with Crippen molar-refractivity contribution < 1.29 is 0 Å². The van der Waals surface area contributed by atoms with E-state index in [1.165, 1.54) is 31.1 Å². The van der Waals surface area contributed by atoms with Crippen molar-refractivity contribution in [2.24, 2.45) is 11.8 Å². The van der Waals surface area contributed by atoms with E-state index in [4.69, 9.17) is 0 Å². The average molecular weight is 239 g/mol. The highest BCUT2D eigenvalue weighted by molar-refractivity contribution is 6.36. The van der Waals surface area contributed by atoms with E-state index in [-0.39, 0.29) is 0 Å². The predicted octanol–water partition coefficient (Wildman–Crippen LogP) is 4.96. The Bertz CT molecular complexity index is 409. The van der Waals surface area contributed by atoms with Gasteiger partial charge in [-0.25, -0.2) is 0 Å². The van der Waals surface area contributed by atoms with E-state index in [0.717, 1.165) is 0 Å². The lowest BCUT2D eigenvalue weighted by molar-refractivity contribution is 0.740. The van der Waals surface area contributed by atoms with E-state index in [1.54, 1.807) is 11.1 Å². The zero-order valence-electron chi connectivity index (χ0n) is 11.9. The molecule has 0 spiro atoms. The number of hydrogen-bond donors (Lipinski definition) is 0. The molecule has 0 fully saturated rings. The fourth-order valence-electron chi connectivity index (χ4n) is 2.82. The molecule has 0 nitrogen and oxygen atoms in total. The van der Waals surface area contributed by atoms with Crippen LogP contribution in [-0.4, -0.2) is 7.28 Å². The van der Waals surface area contributed by atoms with Crippen molar-refractivity contribution in [3.63, 3.8) is 0 Å². The van der Waals surface area contributed by atoms with Gasteiger partial charge in [0.15, 0.2) is 0 Å². The molecule has 2 unspecified atom stereocenters. The van der Waals surface area contributed by atoms with Crippen molar-refractivity contribution in [2.45, 2.75) is 46.3 Å². The highest BCUT2D eigenvalue weighted by atomic mass is 14.3. The summed E-state index contributed by atoms with van der Waals surface area (Å²) >= 11 is 0. The summed E-state index contributed by atoms with van der Waals surface area (Å²) in [5.41, 5.74) is 4.56. The topological polar surface area (TPSA) is 0 Å². The Labute approximate surface area is 113 Å². The lowest BCUT2D eigenvalue weighted by Gasteiger charge is -2.17. The zero-order chi connectivity index (χ0) is 13.0. The van der Waals surface area contributed by atoms with Crippen LogP contribution in [0.3, 0.4) is 0 Å². The molecule has 0 aromatic rings. The monoisotopic (exact) mass is 239 g/mol.